The van der Waals surface area contributed by atoms with Gasteiger partial charge in [0.2, 0.25) is 6.10 Å². The SMILES string of the molecule is [C-]#[N+][C@@H]1O[C@H](COC(=O)c2ccccc2)[C@@H](OC(=O)c2ccccc2)[C@H](OC(=O)c2ccccc2)[C@@H]1OC(=O)c1ccccc1. The first kappa shape index (κ1) is 30.7. The van der Waals surface area contributed by atoms with E-state index in [9.17, 15) is 19.2 Å². The van der Waals surface area contributed by atoms with E-state index in [1.54, 1.807) is 84.9 Å². The normalized spacial score (nSPS) is 20.6. The highest BCUT2D eigenvalue weighted by Crippen LogP contribution is 2.31. The maximum Gasteiger partial charge on any atom is 0.369 e. The van der Waals surface area contributed by atoms with Crippen LogP contribution in [0.5, 0.6) is 0 Å². The maximum absolute atomic E-state index is 13.4. The second kappa shape index (κ2) is 14.6. The average Bonchev–Trinajstić information content (AvgIpc) is 3.10. The van der Waals surface area contributed by atoms with Gasteiger partial charge >= 0.3 is 30.1 Å². The number of ether oxygens (including phenoxy) is 5. The zero-order valence-electron chi connectivity index (χ0n) is 23.8. The Balaban J connectivity index is 1.51. The fraction of sp³-hybridized carbons (Fsp3) is 0.171. The second-order valence-corrected chi connectivity index (χ2v) is 9.87. The average molecular weight is 606 g/mol. The van der Waals surface area contributed by atoms with Crippen LogP contribution in [0, 0.1) is 6.57 Å². The van der Waals surface area contributed by atoms with Gasteiger partial charge in [0.1, 0.15) is 12.7 Å². The van der Waals surface area contributed by atoms with E-state index in [0.717, 1.165) is 0 Å². The topological polar surface area (TPSA) is 119 Å². The molecule has 4 aromatic carbocycles. The molecule has 1 heterocycles. The van der Waals surface area contributed by atoms with Crippen LogP contribution in [0.4, 0.5) is 0 Å². The number of benzene rings is 4. The number of esters is 4. The summed E-state index contributed by atoms with van der Waals surface area (Å²) in [5.74, 6) is -3.14. The smallest absolute Gasteiger partial charge is 0.369 e. The third-order valence-electron chi connectivity index (χ3n) is 6.88. The minimum Gasteiger partial charge on any atom is -0.459 e. The van der Waals surface area contributed by atoms with E-state index in [4.69, 9.17) is 30.3 Å². The molecular weight excluding hydrogens is 578 g/mol. The van der Waals surface area contributed by atoms with Gasteiger partial charge in [-0.15, -0.1) is 0 Å². The van der Waals surface area contributed by atoms with Crippen molar-refractivity contribution in [2.24, 2.45) is 0 Å². The highest BCUT2D eigenvalue weighted by Gasteiger charge is 2.56. The molecule has 1 saturated heterocycles. The molecule has 0 N–H and O–H groups in total. The summed E-state index contributed by atoms with van der Waals surface area (Å²) in [7, 11) is 0. The molecular formula is C35H27NO9. The number of rotatable bonds is 9. The molecule has 1 aliphatic rings. The number of hydrogen-bond donors (Lipinski definition) is 0. The van der Waals surface area contributed by atoms with Crippen LogP contribution in [-0.2, 0) is 23.7 Å². The molecule has 10 heteroatoms. The molecule has 4 aromatic rings. The molecule has 0 unspecified atom stereocenters. The van der Waals surface area contributed by atoms with Gasteiger partial charge in [-0.25, -0.2) is 25.8 Å². The lowest BCUT2D eigenvalue weighted by molar-refractivity contribution is -0.218. The van der Waals surface area contributed by atoms with Crippen molar-refractivity contribution >= 4 is 23.9 Å². The number of carbonyl (C=O) groups excluding carboxylic acids is 4. The quantitative estimate of drug-likeness (QED) is 0.145. The first-order valence-corrected chi connectivity index (χ1v) is 14.0. The first-order chi connectivity index (χ1) is 21.9. The monoisotopic (exact) mass is 605 g/mol. The van der Waals surface area contributed by atoms with Crippen LogP contribution in [0.2, 0.25) is 0 Å². The number of hydrogen-bond acceptors (Lipinski definition) is 9. The molecule has 0 amide bonds. The van der Waals surface area contributed by atoms with Crippen LogP contribution in [0.25, 0.3) is 4.85 Å². The molecule has 0 aliphatic carbocycles. The van der Waals surface area contributed by atoms with Gasteiger partial charge in [-0.1, -0.05) is 72.8 Å². The van der Waals surface area contributed by atoms with E-state index < -0.39 is 61.1 Å². The summed E-state index contributed by atoms with van der Waals surface area (Å²) < 4.78 is 28.9. The van der Waals surface area contributed by atoms with Gasteiger partial charge in [0.25, 0.3) is 0 Å². The maximum atomic E-state index is 13.4. The lowest BCUT2D eigenvalue weighted by Gasteiger charge is -2.40. The van der Waals surface area contributed by atoms with Gasteiger partial charge in [-0.05, 0) is 48.5 Å². The Morgan fingerprint density at radius 3 is 1.29 bits per heavy atom. The van der Waals surface area contributed by atoms with Crippen LogP contribution in [0.15, 0.2) is 121 Å². The molecule has 45 heavy (non-hydrogen) atoms. The molecule has 1 aliphatic heterocycles. The van der Waals surface area contributed by atoms with E-state index in [-0.39, 0.29) is 22.3 Å². The Morgan fingerprint density at radius 1 is 0.533 bits per heavy atom. The largest absolute Gasteiger partial charge is 0.459 e. The molecule has 10 nitrogen and oxygen atoms in total. The van der Waals surface area contributed by atoms with Crippen LogP contribution in [0.1, 0.15) is 41.4 Å². The van der Waals surface area contributed by atoms with Gasteiger partial charge in [0.15, 0.2) is 12.2 Å². The molecule has 5 atom stereocenters. The van der Waals surface area contributed by atoms with Crippen LogP contribution < -0.4 is 0 Å². The summed E-state index contributed by atoms with van der Waals surface area (Å²) in [6.45, 7) is 7.37. The molecule has 0 aromatic heterocycles. The standard InChI is InChI=1S/C35H27NO9/c1-36-31-30(45-35(40)26-20-12-5-13-21-26)29(44-34(39)25-18-10-4-11-19-25)28(43-33(38)24-16-8-3-9-17-24)27(42-31)22-41-32(37)23-14-6-2-7-15-23/h2-21,27-31H,22H2/t27-,28-,29+,30+,31-/m1/s1. The van der Waals surface area contributed by atoms with Gasteiger partial charge in [-0.2, -0.15) is 0 Å². The Labute approximate surface area is 258 Å². The summed E-state index contributed by atoms with van der Waals surface area (Å²) in [5, 5.41) is 0. The molecule has 226 valence electrons. The van der Waals surface area contributed by atoms with E-state index in [1.165, 1.54) is 36.4 Å². The van der Waals surface area contributed by atoms with Crippen LogP contribution >= 0.6 is 0 Å². The van der Waals surface area contributed by atoms with Gasteiger partial charge in [-0.3, -0.25) is 9.58 Å². The minimum atomic E-state index is -1.54. The van der Waals surface area contributed by atoms with E-state index in [0.29, 0.717) is 0 Å². The second-order valence-electron chi connectivity index (χ2n) is 9.87. The predicted octanol–water partition coefficient (Wildman–Crippen LogP) is 5.16. The van der Waals surface area contributed by atoms with Gasteiger partial charge < -0.3 is 18.9 Å². The third-order valence-corrected chi connectivity index (χ3v) is 6.88. The molecule has 0 saturated carbocycles. The van der Waals surface area contributed by atoms with Crippen molar-refractivity contribution in [3.8, 4) is 0 Å². The Bertz CT molecular complexity index is 1660. The minimum absolute atomic E-state index is 0.164. The van der Waals surface area contributed by atoms with Crippen molar-refractivity contribution in [2.45, 2.75) is 30.6 Å². The Kier molecular flexibility index (Phi) is 9.94. The van der Waals surface area contributed by atoms with Crippen molar-refractivity contribution in [1.82, 2.24) is 0 Å². The molecule has 0 bridgehead atoms. The zero-order chi connectivity index (χ0) is 31.6. The number of carbonyl (C=O) groups is 4. The Morgan fingerprint density at radius 2 is 0.889 bits per heavy atom. The van der Waals surface area contributed by atoms with E-state index in [2.05, 4.69) is 4.85 Å². The lowest BCUT2D eigenvalue weighted by atomic mass is 9.97. The summed E-state index contributed by atoms with van der Waals surface area (Å²) in [6.07, 6.45) is -7.34. The third kappa shape index (κ3) is 7.60. The Hall–Kier alpha value is -5.79. The summed E-state index contributed by atoms with van der Waals surface area (Å²) in [6, 6.07) is 32.3. The highest BCUT2D eigenvalue weighted by atomic mass is 16.7. The van der Waals surface area contributed by atoms with E-state index in [1.807, 2.05) is 0 Å². The molecule has 0 radical (unpaired) electrons. The van der Waals surface area contributed by atoms with Gasteiger partial charge in [0, 0.05) is 0 Å². The first-order valence-electron chi connectivity index (χ1n) is 14.0. The van der Waals surface area contributed by atoms with Crippen molar-refractivity contribution in [1.29, 1.82) is 0 Å². The molecule has 1 fully saturated rings. The van der Waals surface area contributed by atoms with Crippen molar-refractivity contribution in [2.75, 3.05) is 6.61 Å². The highest BCUT2D eigenvalue weighted by molar-refractivity contribution is 5.91. The van der Waals surface area contributed by atoms with Crippen LogP contribution in [-0.4, -0.2) is 61.1 Å². The fourth-order valence-corrected chi connectivity index (χ4v) is 4.65. The van der Waals surface area contributed by atoms with Gasteiger partial charge in [0.05, 0.1) is 22.3 Å². The predicted molar refractivity (Wildman–Crippen MR) is 159 cm³/mol. The molecule has 5 rings (SSSR count). The zero-order valence-corrected chi connectivity index (χ0v) is 23.8. The lowest BCUT2D eigenvalue weighted by Crippen LogP contribution is -2.61. The van der Waals surface area contributed by atoms with Crippen molar-refractivity contribution < 1.29 is 42.9 Å². The van der Waals surface area contributed by atoms with E-state index >= 15 is 0 Å². The van der Waals surface area contributed by atoms with Crippen LogP contribution in [0.3, 0.4) is 0 Å². The molecule has 0 spiro atoms. The summed E-state index contributed by atoms with van der Waals surface area (Å²) in [4.78, 5) is 56.2. The fourth-order valence-electron chi connectivity index (χ4n) is 4.65. The van der Waals surface area contributed by atoms with Crippen molar-refractivity contribution in [3.63, 3.8) is 0 Å². The number of nitrogens with zero attached hydrogens (tertiary/aromatic N) is 1. The summed E-state index contributed by atoms with van der Waals surface area (Å²) >= 11 is 0. The summed E-state index contributed by atoms with van der Waals surface area (Å²) in [5.41, 5.74) is 0.771. The van der Waals surface area contributed by atoms with Crippen molar-refractivity contribution in [3.05, 3.63) is 155 Å².